The van der Waals surface area contributed by atoms with E-state index < -0.39 is 5.82 Å². The number of carbonyl (C=O) groups is 1. The Hall–Kier alpha value is -2.82. The van der Waals surface area contributed by atoms with Crippen LogP contribution in [0.4, 0.5) is 15.9 Å². The van der Waals surface area contributed by atoms with Crippen molar-refractivity contribution in [2.75, 3.05) is 18.5 Å². The van der Waals surface area contributed by atoms with Gasteiger partial charge in [-0.1, -0.05) is 0 Å². The maximum absolute atomic E-state index is 14.1. The fraction of sp³-hybridized carbons (Fsp3) is 0.500. The van der Waals surface area contributed by atoms with E-state index in [1.165, 1.54) is 29.8 Å². The Balaban J connectivity index is 1.36. The van der Waals surface area contributed by atoms with Gasteiger partial charge in [-0.15, -0.1) is 11.3 Å². The molecule has 2 aromatic heterocycles. The van der Waals surface area contributed by atoms with Gasteiger partial charge in [0.2, 0.25) is 0 Å². The molecule has 36 heavy (non-hydrogen) atoms. The smallest absolute Gasteiger partial charge is 0.261 e. The molecule has 0 spiro atoms. The monoisotopic (exact) mass is 514 g/mol. The van der Waals surface area contributed by atoms with Crippen LogP contribution in [-0.4, -0.2) is 52.4 Å². The first-order chi connectivity index (χ1) is 17.5. The van der Waals surface area contributed by atoms with Crippen molar-refractivity contribution >= 4 is 39.0 Å². The second-order valence-corrected chi connectivity index (χ2v) is 10.5. The number of aliphatic hydroxyl groups excluding tert-OH is 1. The maximum Gasteiger partial charge on any atom is 0.261 e. The Morgan fingerprint density at radius 3 is 2.83 bits per heavy atom. The molecule has 1 aliphatic carbocycles. The van der Waals surface area contributed by atoms with Crippen LogP contribution in [0.1, 0.15) is 60.2 Å². The number of hydrogen-bond donors (Lipinski definition) is 3. The quantitative estimate of drug-likeness (QED) is 0.413. The highest BCUT2D eigenvalue weighted by Crippen LogP contribution is 2.37. The van der Waals surface area contributed by atoms with Gasteiger partial charge in [-0.25, -0.2) is 14.4 Å². The summed E-state index contributed by atoms with van der Waals surface area (Å²) in [6, 6.07) is 4.35. The maximum atomic E-state index is 14.1. The number of aromatic nitrogens is 2. The molecular formula is C26H31FN4O4S. The summed E-state index contributed by atoms with van der Waals surface area (Å²) >= 11 is 1.32. The summed E-state index contributed by atoms with van der Waals surface area (Å²) in [7, 11) is 0. The van der Waals surface area contributed by atoms with E-state index in [1.807, 2.05) is 6.92 Å². The van der Waals surface area contributed by atoms with Crippen LogP contribution in [0.3, 0.4) is 0 Å². The van der Waals surface area contributed by atoms with E-state index in [9.17, 15) is 14.3 Å². The van der Waals surface area contributed by atoms with Crippen LogP contribution in [0.5, 0.6) is 5.75 Å². The molecule has 192 valence electrons. The van der Waals surface area contributed by atoms with Gasteiger partial charge in [-0.2, -0.15) is 0 Å². The Morgan fingerprint density at radius 1 is 1.22 bits per heavy atom. The number of anilines is 2. The molecule has 8 nitrogen and oxygen atoms in total. The highest BCUT2D eigenvalue weighted by Gasteiger charge is 2.24. The van der Waals surface area contributed by atoms with E-state index in [1.54, 1.807) is 6.07 Å². The van der Waals surface area contributed by atoms with E-state index in [0.29, 0.717) is 59.2 Å². The molecule has 1 amide bonds. The summed E-state index contributed by atoms with van der Waals surface area (Å²) in [5.74, 6) is 0.369. The second kappa shape index (κ2) is 11.1. The first-order valence-corrected chi connectivity index (χ1v) is 13.3. The number of carbonyl (C=O) groups excluding carboxylic acids is 1. The number of aryl methyl sites for hydroxylation is 1. The molecule has 1 atom stereocenters. The number of nitrogens with one attached hydrogen (secondary N) is 2. The number of halogens is 1. The Morgan fingerprint density at radius 2 is 2.06 bits per heavy atom. The molecule has 1 aliphatic heterocycles. The number of benzene rings is 1. The minimum atomic E-state index is -0.396. The molecule has 3 aromatic rings. The highest BCUT2D eigenvalue weighted by atomic mass is 32.1. The molecule has 5 rings (SSSR count). The number of thiophene rings is 1. The fourth-order valence-electron chi connectivity index (χ4n) is 4.81. The van der Waals surface area contributed by atoms with Crippen LogP contribution in [0.25, 0.3) is 10.2 Å². The summed E-state index contributed by atoms with van der Waals surface area (Å²) in [6.45, 7) is 3.11. The third kappa shape index (κ3) is 5.61. The molecule has 1 saturated heterocycles. The second-order valence-electron chi connectivity index (χ2n) is 9.47. The molecule has 3 N–H and O–H groups in total. The molecular weight excluding hydrogens is 483 g/mol. The number of amides is 1. The summed E-state index contributed by atoms with van der Waals surface area (Å²) in [4.78, 5) is 23.1. The van der Waals surface area contributed by atoms with Crippen molar-refractivity contribution in [3.05, 3.63) is 40.8 Å². The summed E-state index contributed by atoms with van der Waals surface area (Å²) in [5.41, 5.74) is 1.36. The van der Waals surface area contributed by atoms with Gasteiger partial charge >= 0.3 is 0 Å². The third-order valence-corrected chi connectivity index (χ3v) is 8.03. The predicted molar refractivity (Wildman–Crippen MR) is 137 cm³/mol. The Kier molecular flexibility index (Phi) is 7.64. The molecule has 1 unspecified atom stereocenters. The standard InChI is InChI=1S/C26H31FN4O4S/c1-15-22-24(31-20-10-5-16(27)12-21(20)35-18-8-6-17(32)7-9-18)29-14-30-26(22)36-23(15)25(33)28-13-19-4-2-3-11-34-19/h5,10,12,14,17-19,32H,2-4,6-9,11,13H2,1H3,(H,28,33)(H,29,30,31). The van der Waals surface area contributed by atoms with Crippen LogP contribution in [0, 0.1) is 12.7 Å². The molecule has 2 aliphatic rings. The lowest BCUT2D eigenvalue weighted by Gasteiger charge is -2.27. The highest BCUT2D eigenvalue weighted by molar-refractivity contribution is 7.20. The van der Waals surface area contributed by atoms with Crippen LogP contribution >= 0.6 is 11.3 Å². The van der Waals surface area contributed by atoms with E-state index in [2.05, 4.69) is 20.6 Å². The third-order valence-electron chi connectivity index (χ3n) is 6.83. The lowest BCUT2D eigenvalue weighted by molar-refractivity contribution is 0.0169. The zero-order valence-corrected chi connectivity index (χ0v) is 21.1. The lowest BCUT2D eigenvalue weighted by Crippen LogP contribution is -2.35. The number of fused-ring (bicyclic) bond motifs is 1. The minimum Gasteiger partial charge on any atom is -0.488 e. The average Bonchev–Trinajstić information content (AvgIpc) is 3.23. The van der Waals surface area contributed by atoms with Gasteiger partial charge in [-0.3, -0.25) is 4.79 Å². The zero-order valence-electron chi connectivity index (χ0n) is 20.3. The molecule has 1 aromatic carbocycles. The van der Waals surface area contributed by atoms with Crippen molar-refractivity contribution in [3.63, 3.8) is 0 Å². The molecule has 3 heterocycles. The Labute approximate surface area is 213 Å². The lowest BCUT2D eigenvalue weighted by atomic mass is 9.95. The largest absolute Gasteiger partial charge is 0.488 e. The van der Waals surface area contributed by atoms with Gasteiger partial charge in [0.05, 0.1) is 34.3 Å². The van der Waals surface area contributed by atoms with Crippen molar-refractivity contribution in [2.24, 2.45) is 0 Å². The van der Waals surface area contributed by atoms with E-state index >= 15 is 0 Å². The SMILES string of the molecule is Cc1c(C(=O)NCC2CCCCO2)sc2ncnc(Nc3ccc(F)cc3OC3CCC(O)CC3)c12. The number of rotatable bonds is 7. The van der Waals surface area contributed by atoms with E-state index in [0.717, 1.165) is 36.8 Å². The van der Waals surface area contributed by atoms with E-state index in [-0.39, 0.29) is 24.2 Å². The van der Waals surface area contributed by atoms with Crippen LogP contribution < -0.4 is 15.4 Å². The predicted octanol–water partition coefficient (Wildman–Crippen LogP) is 4.86. The van der Waals surface area contributed by atoms with Crippen molar-refractivity contribution in [2.45, 2.75) is 70.2 Å². The summed E-state index contributed by atoms with van der Waals surface area (Å²) < 4.78 is 25.9. The van der Waals surface area contributed by atoms with Crippen LogP contribution in [-0.2, 0) is 4.74 Å². The van der Waals surface area contributed by atoms with Gasteiger partial charge in [0.1, 0.15) is 28.5 Å². The van der Waals surface area contributed by atoms with Gasteiger partial charge < -0.3 is 25.2 Å². The molecule has 10 heteroatoms. The van der Waals surface area contributed by atoms with Gasteiger partial charge in [0.25, 0.3) is 5.91 Å². The molecule has 0 bridgehead atoms. The molecule has 1 saturated carbocycles. The van der Waals surface area contributed by atoms with Crippen LogP contribution in [0.2, 0.25) is 0 Å². The number of hydrogen-bond acceptors (Lipinski definition) is 8. The van der Waals surface area contributed by atoms with Crippen molar-refractivity contribution in [1.82, 2.24) is 15.3 Å². The van der Waals surface area contributed by atoms with Gasteiger partial charge in [0.15, 0.2) is 0 Å². The number of aliphatic hydroxyl groups is 1. The van der Waals surface area contributed by atoms with Crippen molar-refractivity contribution < 1.29 is 23.8 Å². The number of nitrogens with zero attached hydrogens (tertiary/aromatic N) is 2. The summed E-state index contributed by atoms with van der Waals surface area (Å²) in [6.07, 6.45) is 7.01. The van der Waals surface area contributed by atoms with Crippen molar-refractivity contribution in [1.29, 1.82) is 0 Å². The number of ether oxygens (including phenoxy) is 2. The van der Waals surface area contributed by atoms with Crippen molar-refractivity contribution in [3.8, 4) is 5.75 Å². The topological polar surface area (TPSA) is 106 Å². The minimum absolute atomic E-state index is 0.0544. The van der Waals surface area contributed by atoms with Crippen LogP contribution in [0.15, 0.2) is 24.5 Å². The van der Waals surface area contributed by atoms with Gasteiger partial charge in [0, 0.05) is 19.2 Å². The van der Waals surface area contributed by atoms with Gasteiger partial charge in [-0.05, 0) is 69.6 Å². The molecule has 2 fully saturated rings. The molecule has 0 radical (unpaired) electrons. The average molecular weight is 515 g/mol. The summed E-state index contributed by atoms with van der Waals surface area (Å²) in [5, 5.41) is 16.8. The fourth-order valence-corrected chi connectivity index (χ4v) is 5.87. The van der Waals surface area contributed by atoms with E-state index in [4.69, 9.17) is 9.47 Å². The normalized spacial score (nSPS) is 22.4. The first kappa shape index (κ1) is 24.9. The Bertz CT molecular complexity index is 1220. The first-order valence-electron chi connectivity index (χ1n) is 12.5. The zero-order chi connectivity index (χ0) is 25.1.